The molecule has 18 heavy (non-hydrogen) atoms. The molecule has 4 nitrogen and oxygen atoms in total. The minimum absolute atomic E-state index is 0. The minimum Gasteiger partial charge on any atom is -0.308 e. The number of amides is 1. The van der Waals surface area contributed by atoms with E-state index in [1.54, 1.807) is 19.0 Å². The summed E-state index contributed by atoms with van der Waals surface area (Å²) in [5.74, 6) is 0.0348. The number of carbonyl (C=O) groups is 1. The van der Waals surface area contributed by atoms with E-state index >= 15 is 0 Å². The number of halogens is 1. The molecule has 0 atom stereocenters. The van der Waals surface area contributed by atoms with Crippen molar-refractivity contribution in [3.05, 3.63) is 30.3 Å². The van der Waals surface area contributed by atoms with Gasteiger partial charge in [0.15, 0.2) is 0 Å². The van der Waals surface area contributed by atoms with Crippen LogP contribution >= 0.6 is 12.4 Å². The van der Waals surface area contributed by atoms with Crippen LogP contribution in [0.1, 0.15) is 6.92 Å². The molecule has 0 aliphatic rings. The van der Waals surface area contributed by atoms with Crippen LogP contribution in [-0.4, -0.2) is 50.0 Å². The Morgan fingerprint density at radius 3 is 2.06 bits per heavy atom. The highest BCUT2D eigenvalue weighted by molar-refractivity contribution is 5.85. The Hall–Kier alpha value is -1.26. The van der Waals surface area contributed by atoms with Crippen molar-refractivity contribution in [3.8, 4) is 0 Å². The summed E-state index contributed by atoms with van der Waals surface area (Å²) in [5.41, 5.74) is 1.03. The van der Waals surface area contributed by atoms with Crippen molar-refractivity contribution in [1.29, 1.82) is 0 Å². The normalized spacial score (nSPS) is 9.83. The lowest BCUT2D eigenvalue weighted by Gasteiger charge is -2.34. The summed E-state index contributed by atoms with van der Waals surface area (Å²) in [6.07, 6.45) is 0. The first-order valence-corrected chi connectivity index (χ1v) is 5.74. The zero-order valence-electron chi connectivity index (χ0n) is 11.5. The van der Waals surface area contributed by atoms with E-state index < -0.39 is 0 Å². The molecule has 102 valence electrons. The maximum Gasteiger partial charge on any atom is 0.237 e. The van der Waals surface area contributed by atoms with Crippen LogP contribution in [0.3, 0.4) is 0 Å². The summed E-state index contributed by atoms with van der Waals surface area (Å²) in [4.78, 5) is 13.6. The molecule has 0 aromatic heterocycles. The molecular weight excluding hydrogens is 250 g/mol. The molecule has 5 heteroatoms. The number of para-hydroxylation sites is 1. The third-order valence-corrected chi connectivity index (χ3v) is 2.63. The molecule has 1 aromatic carbocycles. The number of nitrogens with zero attached hydrogens (tertiary/aromatic N) is 3. The average Bonchev–Trinajstić information content (AvgIpc) is 2.30. The van der Waals surface area contributed by atoms with Crippen LogP contribution in [0.4, 0.5) is 5.69 Å². The molecule has 0 saturated heterocycles. The second-order valence-electron chi connectivity index (χ2n) is 4.30. The van der Waals surface area contributed by atoms with Crippen LogP contribution in [0.15, 0.2) is 30.3 Å². The van der Waals surface area contributed by atoms with Crippen LogP contribution in [0, 0.1) is 0 Å². The number of hydrogen-bond donors (Lipinski definition) is 0. The monoisotopic (exact) mass is 271 g/mol. The molecule has 1 amide bonds. The standard InChI is InChI=1S/C13H21N3O.ClH/c1-12(17)15(4)16(11-10-14(2)3)13-8-6-5-7-9-13;/h5-9H,10-11H2,1-4H3;1H. The van der Waals surface area contributed by atoms with Crippen LogP contribution in [0.2, 0.25) is 0 Å². The third-order valence-electron chi connectivity index (χ3n) is 2.63. The van der Waals surface area contributed by atoms with Gasteiger partial charge in [-0.2, -0.15) is 0 Å². The molecule has 0 heterocycles. The largest absolute Gasteiger partial charge is 0.308 e. The number of rotatable bonds is 5. The molecule has 1 rings (SSSR count). The molecule has 0 unspecified atom stereocenters. The molecule has 0 spiro atoms. The van der Waals surface area contributed by atoms with Gasteiger partial charge in [0.25, 0.3) is 0 Å². The summed E-state index contributed by atoms with van der Waals surface area (Å²) < 4.78 is 0. The van der Waals surface area contributed by atoms with Crippen LogP contribution in [-0.2, 0) is 4.79 Å². The summed E-state index contributed by atoms with van der Waals surface area (Å²) in [6.45, 7) is 3.26. The van der Waals surface area contributed by atoms with E-state index in [1.165, 1.54) is 0 Å². The predicted molar refractivity (Wildman–Crippen MR) is 78.0 cm³/mol. The van der Waals surface area contributed by atoms with E-state index in [4.69, 9.17) is 0 Å². The highest BCUT2D eigenvalue weighted by atomic mass is 35.5. The first-order valence-electron chi connectivity index (χ1n) is 5.74. The van der Waals surface area contributed by atoms with E-state index in [2.05, 4.69) is 4.90 Å². The molecule has 0 aliphatic heterocycles. The summed E-state index contributed by atoms with van der Waals surface area (Å²) in [6, 6.07) is 9.95. The van der Waals surface area contributed by atoms with Crippen molar-refractivity contribution in [3.63, 3.8) is 0 Å². The molecule has 0 radical (unpaired) electrons. The number of hydrazine groups is 1. The van der Waals surface area contributed by atoms with E-state index in [1.807, 2.05) is 49.4 Å². The van der Waals surface area contributed by atoms with Crippen molar-refractivity contribution in [2.75, 3.05) is 39.2 Å². The quantitative estimate of drug-likeness (QED) is 0.765. The van der Waals surface area contributed by atoms with Gasteiger partial charge in [-0.3, -0.25) is 14.8 Å². The van der Waals surface area contributed by atoms with Gasteiger partial charge in [0.1, 0.15) is 0 Å². The van der Waals surface area contributed by atoms with E-state index in [9.17, 15) is 4.79 Å². The van der Waals surface area contributed by atoms with Crippen LogP contribution in [0.5, 0.6) is 0 Å². The predicted octanol–water partition coefficient (Wildman–Crippen LogP) is 1.87. The second kappa shape index (κ2) is 7.95. The molecule has 0 N–H and O–H groups in total. The number of likely N-dealkylation sites (N-methyl/N-ethyl adjacent to an activating group) is 1. The molecule has 0 fully saturated rings. The SMILES string of the molecule is CC(=O)N(C)N(CCN(C)C)c1ccccc1.Cl. The van der Waals surface area contributed by atoms with Gasteiger partial charge < -0.3 is 4.90 Å². The smallest absolute Gasteiger partial charge is 0.237 e. The summed E-state index contributed by atoms with van der Waals surface area (Å²) in [7, 11) is 5.85. The average molecular weight is 272 g/mol. The topological polar surface area (TPSA) is 26.8 Å². The fourth-order valence-corrected chi connectivity index (χ4v) is 1.52. The van der Waals surface area contributed by atoms with Crippen molar-refractivity contribution >= 4 is 24.0 Å². The summed E-state index contributed by atoms with van der Waals surface area (Å²) in [5, 5.41) is 3.64. The zero-order chi connectivity index (χ0) is 12.8. The maximum absolute atomic E-state index is 11.5. The van der Waals surface area contributed by atoms with Gasteiger partial charge in [0, 0.05) is 20.5 Å². The minimum atomic E-state index is 0. The van der Waals surface area contributed by atoms with Crippen LogP contribution < -0.4 is 5.01 Å². The Morgan fingerprint density at radius 1 is 1.06 bits per heavy atom. The Labute approximate surface area is 116 Å². The van der Waals surface area contributed by atoms with E-state index in [0.29, 0.717) is 0 Å². The molecule has 0 aliphatic carbocycles. The molecule has 1 aromatic rings. The lowest BCUT2D eigenvalue weighted by Crippen LogP contribution is -2.46. The zero-order valence-corrected chi connectivity index (χ0v) is 12.3. The summed E-state index contributed by atoms with van der Waals surface area (Å²) >= 11 is 0. The van der Waals surface area contributed by atoms with Crippen molar-refractivity contribution in [2.24, 2.45) is 0 Å². The third kappa shape index (κ3) is 4.94. The van der Waals surface area contributed by atoms with Gasteiger partial charge in [-0.05, 0) is 26.2 Å². The van der Waals surface area contributed by atoms with Crippen molar-refractivity contribution in [2.45, 2.75) is 6.92 Å². The number of anilines is 1. The molecule has 0 bridgehead atoms. The van der Waals surface area contributed by atoms with Gasteiger partial charge in [-0.25, -0.2) is 0 Å². The van der Waals surface area contributed by atoms with Gasteiger partial charge >= 0.3 is 0 Å². The lowest BCUT2D eigenvalue weighted by atomic mass is 10.3. The lowest BCUT2D eigenvalue weighted by molar-refractivity contribution is -0.128. The Balaban J connectivity index is 0.00000289. The Morgan fingerprint density at radius 2 is 1.61 bits per heavy atom. The first kappa shape index (κ1) is 16.7. The molecular formula is C13H22ClN3O. The van der Waals surface area contributed by atoms with E-state index in [-0.39, 0.29) is 18.3 Å². The number of carbonyl (C=O) groups excluding carboxylic acids is 1. The van der Waals surface area contributed by atoms with Crippen molar-refractivity contribution in [1.82, 2.24) is 9.91 Å². The maximum atomic E-state index is 11.5. The van der Waals surface area contributed by atoms with Gasteiger partial charge in [0.2, 0.25) is 5.91 Å². The van der Waals surface area contributed by atoms with Gasteiger partial charge in [-0.1, -0.05) is 18.2 Å². The highest BCUT2D eigenvalue weighted by Crippen LogP contribution is 2.14. The Kier molecular flexibility index (Phi) is 7.39. The van der Waals surface area contributed by atoms with Crippen LogP contribution in [0.25, 0.3) is 0 Å². The second-order valence-corrected chi connectivity index (χ2v) is 4.30. The van der Waals surface area contributed by atoms with E-state index in [0.717, 1.165) is 18.8 Å². The number of hydrogen-bond acceptors (Lipinski definition) is 3. The van der Waals surface area contributed by atoms with Gasteiger partial charge in [-0.15, -0.1) is 12.4 Å². The van der Waals surface area contributed by atoms with Crippen molar-refractivity contribution < 1.29 is 4.79 Å². The highest BCUT2D eigenvalue weighted by Gasteiger charge is 2.14. The fourth-order valence-electron chi connectivity index (χ4n) is 1.52. The first-order chi connectivity index (χ1) is 8.02. The molecule has 0 saturated carbocycles. The number of benzene rings is 1. The fraction of sp³-hybridized carbons (Fsp3) is 0.462. The van der Waals surface area contributed by atoms with Gasteiger partial charge in [0.05, 0.1) is 12.2 Å². The Bertz CT molecular complexity index is 357.